The first-order valence-electron chi connectivity index (χ1n) is 6.42. The molecule has 0 spiro atoms. The van der Waals surface area contributed by atoms with E-state index in [0.717, 1.165) is 5.56 Å². The van der Waals surface area contributed by atoms with Gasteiger partial charge in [0, 0.05) is 10.0 Å². The largest absolute Gasteiger partial charge is 0.457 e. The molecule has 0 bridgehead atoms. The molecule has 116 valence electrons. The number of carbonyl (C=O) groups is 2. The van der Waals surface area contributed by atoms with Gasteiger partial charge in [-0.2, -0.15) is 0 Å². The van der Waals surface area contributed by atoms with Gasteiger partial charge >= 0.3 is 5.97 Å². The van der Waals surface area contributed by atoms with Gasteiger partial charge in [-0.05, 0) is 36.8 Å². The second-order valence-corrected chi connectivity index (χ2v) is 5.35. The van der Waals surface area contributed by atoms with Crippen molar-refractivity contribution >= 4 is 35.1 Å². The molecule has 0 unspecified atom stereocenters. The number of rotatable bonds is 5. The van der Waals surface area contributed by atoms with Crippen molar-refractivity contribution < 1.29 is 18.7 Å². The molecule has 0 aliphatic carbocycles. The Morgan fingerprint density at radius 3 is 2.73 bits per heavy atom. The summed E-state index contributed by atoms with van der Waals surface area (Å²) >= 11 is 11.9. The summed E-state index contributed by atoms with van der Waals surface area (Å²) in [4.78, 5) is 23.3. The number of halogens is 2. The highest BCUT2D eigenvalue weighted by Crippen LogP contribution is 2.25. The lowest BCUT2D eigenvalue weighted by molar-refractivity contribution is -0.124. The number of furan rings is 1. The summed E-state index contributed by atoms with van der Waals surface area (Å²) in [7, 11) is 0. The van der Waals surface area contributed by atoms with Gasteiger partial charge < -0.3 is 14.5 Å². The van der Waals surface area contributed by atoms with Gasteiger partial charge in [0.05, 0.1) is 12.3 Å². The fourth-order valence-electron chi connectivity index (χ4n) is 1.81. The summed E-state index contributed by atoms with van der Waals surface area (Å²) in [6.45, 7) is 1.36. The lowest BCUT2D eigenvalue weighted by Crippen LogP contribution is -2.31. The maximum absolute atomic E-state index is 11.8. The van der Waals surface area contributed by atoms with Crippen LogP contribution in [0.15, 0.2) is 41.0 Å². The number of esters is 1. The van der Waals surface area contributed by atoms with Gasteiger partial charge in [0.1, 0.15) is 0 Å². The van der Waals surface area contributed by atoms with Gasteiger partial charge in [-0.1, -0.05) is 29.3 Å². The molecule has 0 aliphatic heterocycles. The first-order valence-corrected chi connectivity index (χ1v) is 7.18. The van der Waals surface area contributed by atoms with E-state index in [1.165, 1.54) is 12.3 Å². The number of hydrogen-bond acceptors (Lipinski definition) is 4. The Bertz CT molecular complexity index is 670. The molecule has 1 aromatic heterocycles. The second-order valence-electron chi connectivity index (χ2n) is 4.51. The average molecular weight is 342 g/mol. The summed E-state index contributed by atoms with van der Waals surface area (Å²) in [5.74, 6) is -1.10. The fraction of sp³-hybridized carbons (Fsp3) is 0.200. The Hall–Kier alpha value is -1.98. The van der Waals surface area contributed by atoms with E-state index in [2.05, 4.69) is 5.32 Å². The van der Waals surface area contributed by atoms with E-state index < -0.39 is 18.5 Å². The van der Waals surface area contributed by atoms with E-state index in [1.54, 1.807) is 31.2 Å². The first kappa shape index (κ1) is 16.4. The smallest absolute Gasteiger partial charge is 0.374 e. The minimum atomic E-state index is -0.697. The van der Waals surface area contributed by atoms with E-state index in [1.807, 2.05) is 0 Å². The molecule has 5 nitrogen and oxygen atoms in total. The van der Waals surface area contributed by atoms with Crippen LogP contribution >= 0.6 is 23.2 Å². The van der Waals surface area contributed by atoms with Gasteiger partial charge in [-0.3, -0.25) is 4.79 Å². The van der Waals surface area contributed by atoms with Crippen LogP contribution in [0.1, 0.15) is 29.1 Å². The van der Waals surface area contributed by atoms with E-state index >= 15 is 0 Å². The second kappa shape index (κ2) is 7.33. The monoisotopic (exact) mass is 341 g/mol. The van der Waals surface area contributed by atoms with Crippen molar-refractivity contribution in [1.82, 2.24) is 5.32 Å². The Kier molecular flexibility index (Phi) is 5.46. The molecule has 0 fully saturated rings. The van der Waals surface area contributed by atoms with Crippen molar-refractivity contribution in [2.24, 2.45) is 0 Å². The predicted octanol–water partition coefficient (Wildman–Crippen LogP) is 3.62. The van der Waals surface area contributed by atoms with Gasteiger partial charge in [0.25, 0.3) is 5.91 Å². The Balaban J connectivity index is 1.87. The van der Waals surface area contributed by atoms with Crippen LogP contribution in [-0.4, -0.2) is 18.5 Å². The molecule has 0 saturated carbocycles. The summed E-state index contributed by atoms with van der Waals surface area (Å²) in [5, 5.41) is 3.65. The summed E-state index contributed by atoms with van der Waals surface area (Å²) < 4.78 is 9.70. The molecule has 0 radical (unpaired) electrons. The van der Waals surface area contributed by atoms with Crippen LogP contribution in [0, 0.1) is 0 Å². The van der Waals surface area contributed by atoms with Crippen molar-refractivity contribution in [1.29, 1.82) is 0 Å². The van der Waals surface area contributed by atoms with Gasteiger partial charge in [0.2, 0.25) is 5.76 Å². The molecule has 1 atom stereocenters. The van der Waals surface area contributed by atoms with Crippen molar-refractivity contribution in [3.05, 3.63) is 58.0 Å². The van der Waals surface area contributed by atoms with E-state index in [9.17, 15) is 9.59 Å². The number of benzene rings is 1. The van der Waals surface area contributed by atoms with Crippen LogP contribution in [0.3, 0.4) is 0 Å². The molecule has 1 amide bonds. The molecule has 1 aromatic carbocycles. The van der Waals surface area contributed by atoms with Crippen LogP contribution in [-0.2, 0) is 9.53 Å². The number of ether oxygens (including phenoxy) is 1. The molecular weight excluding hydrogens is 329 g/mol. The van der Waals surface area contributed by atoms with E-state index in [0.29, 0.717) is 10.0 Å². The number of amides is 1. The van der Waals surface area contributed by atoms with Gasteiger partial charge in [-0.25, -0.2) is 4.79 Å². The Labute approximate surface area is 137 Å². The van der Waals surface area contributed by atoms with Gasteiger partial charge in [0.15, 0.2) is 6.61 Å². The summed E-state index contributed by atoms with van der Waals surface area (Å²) in [6.07, 6.45) is 1.35. The number of hydrogen-bond donors (Lipinski definition) is 1. The third-order valence-corrected chi connectivity index (χ3v) is 3.43. The predicted molar refractivity (Wildman–Crippen MR) is 82.0 cm³/mol. The van der Waals surface area contributed by atoms with Crippen LogP contribution in [0.25, 0.3) is 0 Å². The minimum Gasteiger partial charge on any atom is -0.457 e. The van der Waals surface area contributed by atoms with Crippen LogP contribution in [0.4, 0.5) is 0 Å². The SMILES string of the molecule is C[C@H](NC(=O)COC(=O)c1ccco1)c1ccc(Cl)cc1Cl. The summed E-state index contributed by atoms with van der Waals surface area (Å²) in [5.41, 5.74) is 0.719. The topological polar surface area (TPSA) is 68.5 Å². The molecule has 1 heterocycles. The standard InChI is InChI=1S/C15H13Cl2NO4/c1-9(11-5-4-10(16)7-12(11)17)18-14(19)8-22-15(20)13-3-2-6-21-13/h2-7,9H,8H2,1H3,(H,18,19)/t9-/m0/s1. The molecule has 0 saturated heterocycles. The quantitative estimate of drug-likeness (QED) is 0.843. The fourth-order valence-corrected chi connectivity index (χ4v) is 2.38. The third kappa shape index (κ3) is 4.26. The lowest BCUT2D eigenvalue weighted by Gasteiger charge is -2.15. The van der Waals surface area contributed by atoms with Crippen molar-refractivity contribution in [2.45, 2.75) is 13.0 Å². The van der Waals surface area contributed by atoms with Crippen molar-refractivity contribution in [2.75, 3.05) is 6.61 Å². The van der Waals surface area contributed by atoms with Gasteiger partial charge in [-0.15, -0.1) is 0 Å². The van der Waals surface area contributed by atoms with Crippen LogP contribution in [0.5, 0.6) is 0 Å². The minimum absolute atomic E-state index is 0.0431. The zero-order chi connectivity index (χ0) is 16.1. The Morgan fingerprint density at radius 2 is 2.09 bits per heavy atom. The third-order valence-electron chi connectivity index (χ3n) is 2.86. The molecule has 7 heteroatoms. The van der Waals surface area contributed by atoms with E-state index in [4.69, 9.17) is 32.4 Å². The van der Waals surface area contributed by atoms with Crippen LogP contribution < -0.4 is 5.32 Å². The van der Waals surface area contributed by atoms with Crippen molar-refractivity contribution in [3.63, 3.8) is 0 Å². The first-order chi connectivity index (χ1) is 10.5. The maximum atomic E-state index is 11.8. The normalized spacial score (nSPS) is 11.8. The average Bonchev–Trinajstić information content (AvgIpc) is 2.98. The zero-order valence-corrected chi connectivity index (χ0v) is 13.1. The molecule has 2 rings (SSSR count). The zero-order valence-electron chi connectivity index (χ0n) is 11.6. The molecular formula is C15H13Cl2NO4. The number of carbonyl (C=O) groups excluding carboxylic acids is 2. The van der Waals surface area contributed by atoms with Crippen LogP contribution in [0.2, 0.25) is 10.0 Å². The Morgan fingerprint density at radius 1 is 1.32 bits per heavy atom. The molecule has 22 heavy (non-hydrogen) atoms. The molecule has 2 aromatic rings. The highest BCUT2D eigenvalue weighted by molar-refractivity contribution is 6.35. The highest BCUT2D eigenvalue weighted by Gasteiger charge is 2.16. The molecule has 0 aliphatic rings. The summed E-state index contributed by atoms with van der Waals surface area (Å²) in [6, 6.07) is 7.67. The van der Waals surface area contributed by atoms with E-state index in [-0.39, 0.29) is 11.8 Å². The molecule has 1 N–H and O–H groups in total. The maximum Gasteiger partial charge on any atom is 0.374 e. The number of nitrogens with one attached hydrogen (secondary N) is 1. The lowest BCUT2D eigenvalue weighted by atomic mass is 10.1. The highest BCUT2D eigenvalue weighted by atomic mass is 35.5. The van der Waals surface area contributed by atoms with Crippen molar-refractivity contribution in [3.8, 4) is 0 Å².